The van der Waals surface area contributed by atoms with Crippen LogP contribution in [-0.2, 0) is 11.9 Å². The van der Waals surface area contributed by atoms with Crippen LogP contribution < -0.4 is 4.90 Å². The van der Waals surface area contributed by atoms with Gasteiger partial charge in [0.2, 0.25) is 0 Å². The van der Waals surface area contributed by atoms with Gasteiger partial charge in [0.15, 0.2) is 0 Å². The molecule has 0 radical (unpaired) electrons. The van der Waals surface area contributed by atoms with Crippen molar-refractivity contribution in [3.63, 3.8) is 0 Å². The summed E-state index contributed by atoms with van der Waals surface area (Å²) in [6.45, 7) is 0.393. The highest BCUT2D eigenvalue weighted by Gasteiger charge is 2.14. The van der Waals surface area contributed by atoms with Crippen molar-refractivity contribution in [2.24, 2.45) is 0 Å². The molecule has 0 saturated carbocycles. The number of halogens is 2. The van der Waals surface area contributed by atoms with E-state index in [0.29, 0.717) is 17.4 Å². The van der Waals surface area contributed by atoms with E-state index in [4.69, 9.17) is 0 Å². The molecule has 2 aromatic rings. The number of rotatable bonds is 5. The van der Waals surface area contributed by atoms with Crippen LogP contribution in [-0.4, -0.2) is 12.0 Å². The molecular weight excluding hydrogens is 339 g/mol. The van der Waals surface area contributed by atoms with Crippen LogP contribution in [0.1, 0.15) is 11.1 Å². The Balaban J connectivity index is 2.29. The van der Waals surface area contributed by atoms with E-state index in [0.717, 1.165) is 11.3 Å². The number of nitrogens with zero attached hydrogens (tertiary/aromatic N) is 2. The van der Waals surface area contributed by atoms with Crippen LogP contribution in [0.5, 0.6) is 0 Å². The number of nitro benzene ring substituents is 1. The van der Waals surface area contributed by atoms with Crippen LogP contribution in [0.2, 0.25) is 0 Å². The van der Waals surface area contributed by atoms with Gasteiger partial charge < -0.3 is 4.90 Å². The second kappa shape index (κ2) is 6.67. The van der Waals surface area contributed by atoms with E-state index in [1.165, 1.54) is 18.2 Å². The summed E-state index contributed by atoms with van der Waals surface area (Å²) in [6, 6.07) is 11.3. The zero-order valence-corrected chi connectivity index (χ0v) is 13.0. The lowest BCUT2D eigenvalue weighted by molar-refractivity contribution is -0.384. The van der Waals surface area contributed by atoms with E-state index in [9.17, 15) is 14.5 Å². The van der Waals surface area contributed by atoms with Crippen molar-refractivity contribution in [2.45, 2.75) is 11.9 Å². The molecule has 6 heteroatoms. The predicted molar refractivity (Wildman–Crippen MR) is 84.2 cm³/mol. The molecule has 0 spiro atoms. The molecule has 21 heavy (non-hydrogen) atoms. The smallest absolute Gasteiger partial charge is 0.269 e. The van der Waals surface area contributed by atoms with Gasteiger partial charge in [-0.1, -0.05) is 34.1 Å². The summed E-state index contributed by atoms with van der Waals surface area (Å²) in [5, 5.41) is 11.3. The first kappa shape index (κ1) is 15.4. The molecule has 2 rings (SSSR count). The quantitative estimate of drug-likeness (QED) is 0.458. The van der Waals surface area contributed by atoms with E-state index < -0.39 is 4.92 Å². The first-order valence-electron chi connectivity index (χ1n) is 6.30. The lowest BCUT2D eigenvalue weighted by Gasteiger charge is -2.22. The van der Waals surface area contributed by atoms with E-state index in [1.807, 2.05) is 11.9 Å². The molecule has 0 aliphatic rings. The molecule has 0 fully saturated rings. The van der Waals surface area contributed by atoms with E-state index in [-0.39, 0.29) is 11.5 Å². The number of nitro groups is 1. The second-order valence-electron chi connectivity index (χ2n) is 4.65. The average molecular weight is 353 g/mol. The van der Waals surface area contributed by atoms with Crippen molar-refractivity contribution < 1.29 is 9.31 Å². The average Bonchev–Trinajstić information content (AvgIpc) is 2.48. The molecule has 0 heterocycles. The number of hydrogen-bond donors (Lipinski definition) is 0. The van der Waals surface area contributed by atoms with Gasteiger partial charge in [-0.05, 0) is 17.7 Å². The van der Waals surface area contributed by atoms with Gasteiger partial charge in [-0.2, -0.15) is 0 Å². The Morgan fingerprint density at radius 2 is 1.95 bits per heavy atom. The number of non-ortho nitro benzene ring substituents is 1. The van der Waals surface area contributed by atoms with Crippen molar-refractivity contribution in [1.29, 1.82) is 0 Å². The molecule has 0 aromatic heterocycles. The number of anilines is 1. The highest BCUT2D eigenvalue weighted by molar-refractivity contribution is 9.08. The fraction of sp³-hybridized carbons (Fsp3) is 0.200. The summed E-state index contributed by atoms with van der Waals surface area (Å²) < 4.78 is 13.7. The minimum absolute atomic E-state index is 0.0486. The molecule has 110 valence electrons. The Hall–Kier alpha value is -1.95. The lowest BCUT2D eigenvalue weighted by atomic mass is 10.1. The van der Waals surface area contributed by atoms with Crippen LogP contribution in [0.25, 0.3) is 0 Å². The van der Waals surface area contributed by atoms with Gasteiger partial charge >= 0.3 is 0 Å². The standard InChI is InChI=1S/C15H14BrFN2O2/c1-18(10-11-4-2-3-5-14(11)17)15-7-6-13(19(20)21)8-12(15)9-16/h2-8H,9-10H2,1H3. The van der Waals surface area contributed by atoms with E-state index >= 15 is 0 Å². The van der Waals surface area contributed by atoms with Crippen LogP contribution in [0.3, 0.4) is 0 Å². The van der Waals surface area contributed by atoms with E-state index in [2.05, 4.69) is 15.9 Å². The third kappa shape index (κ3) is 3.58. The van der Waals surface area contributed by atoms with Crippen LogP contribution in [0, 0.1) is 15.9 Å². The molecule has 0 amide bonds. The maximum absolute atomic E-state index is 13.7. The van der Waals surface area contributed by atoms with Crippen molar-refractivity contribution >= 4 is 27.3 Å². The summed E-state index contributed by atoms with van der Waals surface area (Å²) >= 11 is 3.34. The fourth-order valence-electron chi connectivity index (χ4n) is 2.13. The molecule has 0 saturated heterocycles. The summed E-state index contributed by atoms with van der Waals surface area (Å²) in [6.07, 6.45) is 0. The van der Waals surface area contributed by atoms with Gasteiger partial charge in [-0.3, -0.25) is 10.1 Å². The van der Waals surface area contributed by atoms with Crippen LogP contribution in [0.15, 0.2) is 42.5 Å². The van der Waals surface area contributed by atoms with Gasteiger partial charge in [0, 0.05) is 42.3 Å². The summed E-state index contributed by atoms with van der Waals surface area (Å²) in [7, 11) is 1.83. The maximum Gasteiger partial charge on any atom is 0.269 e. The zero-order chi connectivity index (χ0) is 15.4. The zero-order valence-electron chi connectivity index (χ0n) is 11.4. The maximum atomic E-state index is 13.7. The summed E-state index contributed by atoms with van der Waals surface area (Å²) in [4.78, 5) is 12.3. The summed E-state index contributed by atoms with van der Waals surface area (Å²) in [5.74, 6) is -0.258. The van der Waals surface area contributed by atoms with Crippen molar-refractivity contribution in [3.8, 4) is 0 Å². The largest absolute Gasteiger partial charge is 0.370 e. The Labute approximate surface area is 130 Å². The van der Waals surface area contributed by atoms with E-state index in [1.54, 1.807) is 24.3 Å². The minimum Gasteiger partial charge on any atom is -0.370 e. The first-order valence-corrected chi connectivity index (χ1v) is 7.43. The summed E-state index contributed by atoms with van der Waals surface area (Å²) in [5.41, 5.74) is 2.26. The van der Waals surface area contributed by atoms with Crippen molar-refractivity contribution in [2.75, 3.05) is 11.9 Å². The molecule has 0 N–H and O–H groups in total. The van der Waals surface area contributed by atoms with Crippen molar-refractivity contribution in [3.05, 3.63) is 69.5 Å². The molecule has 0 bridgehead atoms. The highest BCUT2D eigenvalue weighted by atomic mass is 79.9. The molecule has 0 unspecified atom stereocenters. The van der Waals surface area contributed by atoms with Gasteiger partial charge in [0.25, 0.3) is 5.69 Å². The molecule has 0 aliphatic heterocycles. The highest BCUT2D eigenvalue weighted by Crippen LogP contribution is 2.28. The number of alkyl halides is 1. The SMILES string of the molecule is CN(Cc1ccccc1F)c1ccc([N+](=O)[O-])cc1CBr. The molecule has 0 atom stereocenters. The van der Waals surface area contributed by atoms with Gasteiger partial charge in [-0.15, -0.1) is 0 Å². The minimum atomic E-state index is -0.424. The van der Waals surface area contributed by atoms with Gasteiger partial charge in [0.05, 0.1) is 4.92 Å². The Morgan fingerprint density at radius 1 is 1.24 bits per heavy atom. The Morgan fingerprint density at radius 3 is 2.57 bits per heavy atom. The fourth-order valence-corrected chi connectivity index (χ4v) is 2.58. The third-order valence-corrected chi connectivity index (χ3v) is 3.80. The predicted octanol–water partition coefficient (Wildman–Crippen LogP) is 4.27. The number of benzene rings is 2. The molecule has 4 nitrogen and oxygen atoms in total. The van der Waals surface area contributed by atoms with Gasteiger partial charge in [0.1, 0.15) is 5.82 Å². The van der Waals surface area contributed by atoms with Crippen LogP contribution >= 0.6 is 15.9 Å². The van der Waals surface area contributed by atoms with Crippen molar-refractivity contribution in [1.82, 2.24) is 0 Å². The topological polar surface area (TPSA) is 46.4 Å². The molecule has 2 aromatic carbocycles. The third-order valence-electron chi connectivity index (χ3n) is 3.19. The Kier molecular flexibility index (Phi) is 4.90. The molecule has 0 aliphatic carbocycles. The van der Waals surface area contributed by atoms with Gasteiger partial charge in [-0.25, -0.2) is 4.39 Å². The van der Waals surface area contributed by atoms with Crippen LogP contribution in [0.4, 0.5) is 15.8 Å². The number of hydrogen-bond acceptors (Lipinski definition) is 3. The normalized spacial score (nSPS) is 10.4. The first-order chi connectivity index (χ1) is 10.0. The second-order valence-corrected chi connectivity index (χ2v) is 5.21. The lowest BCUT2D eigenvalue weighted by Crippen LogP contribution is -2.18. The Bertz CT molecular complexity index is 664. The molecular formula is C15H14BrFN2O2. The monoisotopic (exact) mass is 352 g/mol.